The molecule has 0 saturated heterocycles. The van der Waals surface area contributed by atoms with Gasteiger partial charge in [-0.1, -0.05) is 30.3 Å². The largest absolute Gasteiger partial charge is 0.454 e. The van der Waals surface area contributed by atoms with Crippen molar-refractivity contribution in [2.75, 3.05) is 0 Å². The fourth-order valence-corrected chi connectivity index (χ4v) is 7.67. The molecule has 7 rings (SSSR count). The van der Waals surface area contributed by atoms with E-state index in [1.54, 1.807) is 0 Å². The van der Waals surface area contributed by atoms with E-state index in [-0.39, 0.29) is 12.1 Å². The second-order valence-corrected chi connectivity index (χ2v) is 14.3. The van der Waals surface area contributed by atoms with Crippen LogP contribution in [0.2, 0.25) is 0 Å². The second kappa shape index (κ2) is 18.7. The zero-order chi connectivity index (χ0) is 48.8. The second-order valence-electron chi connectivity index (χ2n) is 14.3. The summed E-state index contributed by atoms with van der Waals surface area (Å²) in [5.41, 5.74) is -12.5. The highest BCUT2D eigenvalue weighted by atomic mass is 19.2. The zero-order valence-corrected chi connectivity index (χ0v) is 32.2. The van der Waals surface area contributed by atoms with Crippen molar-refractivity contribution in [1.82, 2.24) is 0 Å². The number of hydrogen-bond acceptors (Lipinski definition) is 2. The van der Waals surface area contributed by atoms with Crippen LogP contribution in [0.1, 0.15) is 41.7 Å². The van der Waals surface area contributed by atoms with E-state index in [4.69, 9.17) is 4.74 Å². The highest BCUT2D eigenvalue weighted by molar-refractivity contribution is 7.20. The molecule has 0 bridgehead atoms. The number of benzene rings is 5. The Kier molecular flexibility index (Phi) is 13.8. The lowest BCUT2D eigenvalue weighted by molar-refractivity contribution is -0.690. The minimum atomic E-state index is -7.22. The number of halogens is 20. The molecule has 1 aliphatic carbocycles. The molecule has 24 heteroatoms. The Morgan fingerprint density at radius 3 is 1.03 bits per heavy atom. The number of ether oxygens (including phenoxy) is 1. The van der Waals surface area contributed by atoms with Crippen molar-refractivity contribution in [2.24, 2.45) is 0 Å². The summed E-state index contributed by atoms with van der Waals surface area (Å²) >= 11 is 0. The van der Waals surface area contributed by atoms with E-state index in [1.807, 2.05) is 47.2 Å². The van der Waals surface area contributed by atoms with Gasteiger partial charge in [0, 0.05) is 17.7 Å². The maximum Gasteiger partial charge on any atom is 0.403 e. The van der Waals surface area contributed by atoms with Gasteiger partial charge in [0.25, 0.3) is 5.69 Å². The molecule has 1 fully saturated rings. The molecule has 1 aromatic heterocycles. The van der Waals surface area contributed by atoms with Crippen molar-refractivity contribution >= 4 is 34.0 Å². The molecule has 5 aromatic carbocycles. The van der Waals surface area contributed by atoms with Crippen LogP contribution in [0.15, 0.2) is 54.7 Å². The zero-order valence-electron chi connectivity index (χ0n) is 32.2. The lowest BCUT2D eigenvalue weighted by Crippen LogP contribution is -2.81. The number of hydrogen-bond donors (Lipinski definition) is 0. The third kappa shape index (κ3) is 7.96. The molecule has 0 spiro atoms. The van der Waals surface area contributed by atoms with Gasteiger partial charge < -0.3 is 4.74 Å². The normalized spacial score (nSPS) is 13.0. The van der Waals surface area contributed by atoms with E-state index in [1.165, 1.54) is 5.56 Å². The van der Waals surface area contributed by atoms with Crippen molar-refractivity contribution in [1.29, 1.82) is 0 Å². The molecule has 348 valence electrons. The average molecular weight is 961 g/mol. The predicted octanol–water partition coefficient (Wildman–Crippen LogP) is 8.97. The van der Waals surface area contributed by atoms with Gasteiger partial charge in [-0.2, -0.15) is 4.57 Å². The van der Waals surface area contributed by atoms with Gasteiger partial charge in [0.1, 0.15) is 58.8 Å². The Balaban J connectivity index is 0.000000284. The van der Waals surface area contributed by atoms with E-state index in [0.717, 1.165) is 25.7 Å². The maximum absolute atomic E-state index is 15.4. The molecule has 6 aromatic rings. The molecular formula is C42H20BF20NO2. The summed E-state index contributed by atoms with van der Waals surface area (Å²) in [5.74, 6) is -71.6. The number of nitrogens with zero attached hydrogens (tertiary/aromatic N) is 1. The molecule has 0 N–H and O–H groups in total. The van der Waals surface area contributed by atoms with Gasteiger partial charge in [0.15, 0.2) is 82.5 Å². The van der Waals surface area contributed by atoms with Crippen LogP contribution in [0.5, 0.6) is 0 Å². The van der Waals surface area contributed by atoms with E-state index in [0.29, 0.717) is 12.2 Å². The predicted molar refractivity (Wildman–Crippen MR) is 189 cm³/mol. The summed E-state index contributed by atoms with van der Waals surface area (Å²) in [7, 11) is 0. The summed E-state index contributed by atoms with van der Waals surface area (Å²) in [6, 6.07) is 15.8. The number of rotatable bonds is 8. The first kappa shape index (κ1) is 48.8. The highest BCUT2D eigenvalue weighted by Gasteiger charge is 2.52. The van der Waals surface area contributed by atoms with Gasteiger partial charge >= 0.3 is 5.97 Å². The number of carbonyl (C=O) groups excluding carboxylic acids is 1. The standard InChI is InChI=1S/C24BF20.C18H20NO2/c26-5-1(6(27)14(35)21(42)13(5)34)25(2-7(28)15(36)22(43)16(37)8(2)29,3-9(30)17(38)23(44)18(39)10(3)31)4-11(32)19(40)24(45)20(41)12(4)33;20-18(21-16-10-4-5-11-16)17-12-6-7-13-19(17)14-15-8-2-1-3-9-15/h;1-3,6-9,12-13,16H,4-5,10-11,14H2/q-1;+1. The fraction of sp³-hybridized carbons (Fsp3) is 0.143. The minimum Gasteiger partial charge on any atom is -0.454 e. The third-order valence-electron chi connectivity index (χ3n) is 10.6. The van der Waals surface area contributed by atoms with Crippen LogP contribution in [0.25, 0.3) is 0 Å². The van der Waals surface area contributed by atoms with Crippen molar-refractivity contribution in [3.05, 3.63) is 182 Å². The van der Waals surface area contributed by atoms with Gasteiger partial charge in [-0.15, -0.1) is 21.9 Å². The number of carbonyl (C=O) groups is 1. The van der Waals surface area contributed by atoms with E-state index >= 15 is 35.1 Å². The average Bonchev–Trinajstić information content (AvgIpc) is 3.82. The minimum absolute atomic E-state index is 0.0999. The first-order valence-electron chi connectivity index (χ1n) is 18.5. The summed E-state index contributed by atoms with van der Waals surface area (Å²) < 4.78 is 302. The number of esters is 1. The summed E-state index contributed by atoms with van der Waals surface area (Å²) in [5, 5.41) is 0. The van der Waals surface area contributed by atoms with Gasteiger partial charge in [-0.25, -0.2) is 92.6 Å². The Morgan fingerprint density at radius 2 is 0.712 bits per heavy atom. The first-order valence-corrected chi connectivity index (χ1v) is 18.5. The molecule has 1 saturated carbocycles. The molecule has 0 radical (unpaired) electrons. The van der Waals surface area contributed by atoms with Crippen LogP contribution in [0, 0.1) is 116 Å². The van der Waals surface area contributed by atoms with E-state index in [2.05, 4.69) is 12.1 Å². The highest BCUT2D eigenvalue weighted by Crippen LogP contribution is 2.31. The van der Waals surface area contributed by atoms with Crippen molar-refractivity contribution < 1.29 is 102 Å². The summed E-state index contributed by atoms with van der Waals surface area (Å²) in [6.45, 7) is 0.677. The quantitative estimate of drug-likeness (QED) is 0.0381. The van der Waals surface area contributed by atoms with Gasteiger partial charge in [-0.05, 0) is 31.7 Å². The van der Waals surface area contributed by atoms with Crippen molar-refractivity contribution in [3.8, 4) is 0 Å². The molecule has 0 atom stereocenters. The molecular weight excluding hydrogens is 941 g/mol. The SMILES string of the molecule is Fc1c(F)c(F)c([B-](c2c(F)c(F)c(F)c(F)c2F)(c2c(F)c(F)c(F)c(F)c2F)c2c(F)c(F)c(F)c(F)c2F)c(F)c1F.O=C(OC1CCCC1)c1cccc[n+]1Cc1ccccc1. The number of pyridine rings is 1. The molecule has 1 heterocycles. The van der Waals surface area contributed by atoms with Crippen LogP contribution in [-0.4, -0.2) is 18.2 Å². The van der Waals surface area contributed by atoms with Crippen molar-refractivity contribution in [2.45, 2.75) is 38.3 Å². The monoisotopic (exact) mass is 961 g/mol. The van der Waals surface area contributed by atoms with Crippen LogP contribution < -0.4 is 26.4 Å². The molecule has 0 aliphatic heterocycles. The van der Waals surface area contributed by atoms with Gasteiger partial charge in [-0.3, -0.25) is 0 Å². The smallest absolute Gasteiger partial charge is 0.403 e. The Labute approximate surface area is 356 Å². The molecule has 0 amide bonds. The van der Waals surface area contributed by atoms with Crippen molar-refractivity contribution in [3.63, 3.8) is 0 Å². The van der Waals surface area contributed by atoms with Gasteiger partial charge in [0.05, 0.1) is 0 Å². The first-order chi connectivity index (χ1) is 31.0. The molecule has 66 heavy (non-hydrogen) atoms. The summed E-state index contributed by atoms with van der Waals surface area (Å²) in [4.78, 5) is 12.4. The van der Waals surface area contributed by atoms with Crippen LogP contribution in [-0.2, 0) is 11.3 Å². The third-order valence-corrected chi connectivity index (χ3v) is 10.6. The Bertz CT molecular complexity index is 2530. The Morgan fingerprint density at radius 1 is 0.424 bits per heavy atom. The number of aromatic nitrogens is 1. The van der Waals surface area contributed by atoms with Crippen LogP contribution in [0.3, 0.4) is 0 Å². The fourth-order valence-electron chi connectivity index (χ4n) is 7.67. The van der Waals surface area contributed by atoms with Gasteiger partial charge in [0.2, 0.25) is 0 Å². The maximum atomic E-state index is 15.4. The summed E-state index contributed by atoms with van der Waals surface area (Å²) in [6.07, 6.45) is -0.867. The van der Waals surface area contributed by atoms with Crippen LogP contribution >= 0.6 is 0 Å². The van der Waals surface area contributed by atoms with E-state index < -0.39 is 144 Å². The molecule has 0 unspecified atom stereocenters. The molecule has 1 aliphatic rings. The van der Waals surface area contributed by atoms with E-state index in [9.17, 15) is 57.5 Å². The molecule has 3 nitrogen and oxygen atoms in total. The topological polar surface area (TPSA) is 30.2 Å². The lowest BCUT2D eigenvalue weighted by Gasteiger charge is -2.44. The van der Waals surface area contributed by atoms with Crippen LogP contribution in [0.4, 0.5) is 87.8 Å². The lowest BCUT2D eigenvalue weighted by atomic mass is 9.12. The Hall–Kier alpha value is -6.62.